The number of fused-ring (bicyclic) bond motifs is 2. The van der Waals surface area contributed by atoms with E-state index in [0.29, 0.717) is 28.3 Å². The average molecular weight is 428 g/mol. The quantitative estimate of drug-likeness (QED) is 0.470. The maximum atomic E-state index is 15.1. The lowest BCUT2D eigenvalue weighted by Gasteiger charge is -2.14. The Balaban J connectivity index is 1.57. The van der Waals surface area contributed by atoms with E-state index in [0.717, 1.165) is 21.2 Å². The Morgan fingerprint density at radius 1 is 1.43 bits per heavy atom. The smallest absolute Gasteiger partial charge is 0.232 e. The first-order valence-corrected chi connectivity index (χ1v) is 10.4. The van der Waals surface area contributed by atoms with Crippen LogP contribution in [0.4, 0.5) is 13.9 Å². The van der Waals surface area contributed by atoms with Gasteiger partial charge in [0.1, 0.15) is 11.7 Å². The molecule has 9 heteroatoms. The third-order valence-corrected chi connectivity index (χ3v) is 6.22. The van der Waals surface area contributed by atoms with Gasteiger partial charge in [-0.25, -0.2) is 13.8 Å². The van der Waals surface area contributed by atoms with Crippen molar-refractivity contribution in [2.45, 2.75) is 26.4 Å². The van der Waals surface area contributed by atoms with Crippen molar-refractivity contribution in [3.8, 4) is 16.9 Å². The Morgan fingerprint density at radius 2 is 2.23 bits per heavy atom. The van der Waals surface area contributed by atoms with Crippen molar-refractivity contribution in [1.29, 1.82) is 0 Å². The lowest BCUT2D eigenvalue weighted by atomic mass is 9.96. The summed E-state index contributed by atoms with van der Waals surface area (Å²) in [6.07, 6.45) is 0.871. The monoisotopic (exact) mass is 428 g/mol. The van der Waals surface area contributed by atoms with Crippen molar-refractivity contribution in [2.24, 2.45) is 5.92 Å². The summed E-state index contributed by atoms with van der Waals surface area (Å²) in [6, 6.07) is 5.60. The van der Waals surface area contributed by atoms with Gasteiger partial charge in [0.15, 0.2) is 16.7 Å². The summed E-state index contributed by atoms with van der Waals surface area (Å²) in [7, 11) is 0. The second-order valence-electron chi connectivity index (χ2n) is 7.28. The van der Waals surface area contributed by atoms with Crippen LogP contribution in [0.25, 0.3) is 32.2 Å². The molecule has 2 N–H and O–H groups in total. The molecule has 0 unspecified atom stereocenters. The van der Waals surface area contributed by atoms with Gasteiger partial charge in [0.2, 0.25) is 5.91 Å². The van der Waals surface area contributed by atoms with E-state index in [1.54, 1.807) is 20.0 Å². The molecule has 2 aromatic heterocycles. The number of nitrogens with one attached hydrogen (secondary N) is 2. The zero-order valence-electron chi connectivity index (χ0n) is 16.3. The first-order valence-electron chi connectivity index (χ1n) is 9.61. The molecule has 0 saturated heterocycles. The van der Waals surface area contributed by atoms with E-state index >= 15 is 4.39 Å². The fourth-order valence-electron chi connectivity index (χ4n) is 3.66. The second-order valence-corrected chi connectivity index (χ2v) is 8.31. The zero-order valence-corrected chi connectivity index (χ0v) is 17.1. The van der Waals surface area contributed by atoms with E-state index < -0.39 is 17.9 Å². The minimum Gasteiger partial charge on any atom is -0.489 e. The van der Waals surface area contributed by atoms with Crippen molar-refractivity contribution >= 4 is 43.5 Å². The van der Waals surface area contributed by atoms with Crippen molar-refractivity contribution in [3.05, 3.63) is 35.8 Å². The molecule has 2 atom stereocenters. The Bertz CT molecular complexity index is 1300. The third-order valence-electron chi connectivity index (χ3n) is 5.28. The predicted octanol–water partition coefficient (Wildman–Crippen LogP) is 4.98. The van der Waals surface area contributed by atoms with Gasteiger partial charge in [0, 0.05) is 5.39 Å². The lowest BCUT2D eigenvalue weighted by molar-refractivity contribution is -0.117. The van der Waals surface area contributed by atoms with Crippen LogP contribution in [-0.2, 0) is 4.79 Å². The molecule has 1 fully saturated rings. The molecule has 0 spiro atoms. The second kappa shape index (κ2) is 7.02. The number of hydrogen-bond donors (Lipinski definition) is 2. The number of H-pyrrole nitrogens is 1. The largest absolute Gasteiger partial charge is 0.489 e. The van der Waals surface area contributed by atoms with Gasteiger partial charge in [-0.15, -0.1) is 0 Å². The highest BCUT2D eigenvalue weighted by Crippen LogP contribution is 2.41. The summed E-state index contributed by atoms with van der Waals surface area (Å²) in [5.41, 5.74) is 3.21. The molecule has 2 heterocycles. The maximum absolute atomic E-state index is 15.1. The molecule has 4 aromatic rings. The number of rotatable bonds is 5. The fraction of sp³-hybridized carbons (Fsp3) is 0.286. The number of hydrogen-bond acceptors (Lipinski definition) is 5. The number of aromatic amines is 1. The third kappa shape index (κ3) is 3.00. The van der Waals surface area contributed by atoms with Crippen molar-refractivity contribution < 1.29 is 18.3 Å². The Kier molecular flexibility index (Phi) is 4.43. The first kappa shape index (κ1) is 18.9. The summed E-state index contributed by atoms with van der Waals surface area (Å²) in [5.74, 6) is -1.17. The van der Waals surface area contributed by atoms with Crippen LogP contribution < -0.4 is 10.1 Å². The van der Waals surface area contributed by atoms with Crippen molar-refractivity contribution in [2.75, 3.05) is 11.9 Å². The number of benzene rings is 2. The van der Waals surface area contributed by atoms with E-state index in [-0.39, 0.29) is 18.1 Å². The van der Waals surface area contributed by atoms with Crippen LogP contribution in [0.1, 0.15) is 18.9 Å². The molecule has 0 aliphatic heterocycles. The number of ether oxygens (including phenoxy) is 1. The number of carbonyl (C=O) groups excluding carboxylic acids is 1. The minimum absolute atomic E-state index is 0.168. The summed E-state index contributed by atoms with van der Waals surface area (Å²) < 4.78 is 34.5. The van der Waals surface area contributed by atoms with Crippen LogP contribution in [-0.4, -0.2) is 33.9 Å². The minimum atomic E-state index is -1.05. The molecule has 6 nitrogen and oxygen atoms in total. The van der Waals surface area contributed by atoms with Crippen LogP contribution in [0.15, 0.2) is 24.4 Å². The predicted molar refractivity (Wildman–Crippen MR) is 112 cm³/mol. The van der Waals surface area contributed by atoms with Crippen LogP contribution in [0.2, 0.25) is 0 Å². The topological polar surface area (TPSA) is 79.9 Å². The summed E-state index contributed by atoms with van der Waals surface area (Å²) in [6.45, 7) is 3.86. The fourth-order valence-corrected chi connectivity index (χ4v) is 4.57. The number of thiazole rings is 1. The van der Waals surface area contributed by atoms with Crippen molar-refractivity contribution in [3.63, 3.8) is 0 Å². The summed E-state index contributed by atoms with van der Waals surface area (Å²) in [4.78, 5) is 16.4. The number of nitrogens with zero attached hydrogens (tertiary/aromatic N) is 2. The molecular weight excluding hydrogens is 410 g/mol. The van der Waals surface area contributed by atoms with Gasteiger partial charge in [-0.1, -0.05) is 17.4 Å². The van der Waals surface area contributed by atoms with Gasteiger partial charge in [-0.2, -0.15) is 5.10 Å². The van der Waals surface area contributed by atoms with Gasteiger partial charge in [-0.05, 0) is 49.1 Å². The number of alkyl halides is 1. The Morgan fingerprint density at radius 3 is 2.97 bits per heavy atom. The molecule has 1 aliphatic rings. The van der Waals surface area contributed by atoms with E-state index in [1.165, 1.54) is 11.3 Å². The molecule has 1 aliphatic carbocycles. The number of carbonyl (C=O) groups is 1. The van der Waals surface area contributed by atoms with Gasteiger partial charge in [0.05, 0.1) is 28.9 Å². The van der Waals surface area contributed by atoms with Gasteiger partial charge in [0.25, 0.3) is 0 Å². The van der Waals surface area contributed by atoms with E-state index in [1.807, 2.05) is 18.2 Å². The van der Waals surface area contributed by atoms with Gasteiger partial charge in [-0.3, -0.25) is 9.89 Å². The first-order chi connectivity index (χ1) is 14.5. The Hall–Kier alpha value is -3.07. The maximum Gasteiger partial charge on any atom is 0.232 e. The molecule has 5 rings (SSSR count). The van der Waals surface area contributed by atoms with Crippen LogP contribution >= 0.6 is 11.3 Å². The molecular formula is C21H18F2N4O2S. The highest BCUT2D eigenvalue weighted by molar-refractivity contribution is 7.22. The molecule has 2 aromatic carbocycles. The number of anilines is 1. The van der Waals surface area contributed by atoms with E-state index in [2.05, 4.69) is 20.5 Å². The average Bonchev–Trinajstić information content (AvgIpc) is 3.11. The summed E-state index contributed by atoms with van der Waals surface area (Å²) >= 11 is 1.30. The highest BCUT2D eigenvalue weighted by atomic mass is 32.1. The van der Waals surface area contributed by atoms with Crippen molar-refractivity contribution in [1.82, 2.24) is 15.2 Å². The molecule has 1 amide bonds. The molecule has 1 saturated carbocycles. The normalized spacial score (nSPS) is 18.1. The standard InChI is InChI=1S/C21H18F2N4O2S/c1-3-29-19-17(23)9(2)16(12-8-24-27-18(12)19)10-4-5-14-15(6-10)30-21(25-14)26-20(28)11-7-13(11)22/h4-6,8,11,13H,3,7H2,1-2H3,(H,24,27)(H,25,26,28)/t11-,13+/m1/s1. The Labute approximate surface area is 174 Å². The number of amides is 1. The molecule has 30 heavy (non-hydrogen) atoms. The number of aromatic nitrogens is 3. The van der Waals surface area contributed by atoms with Crippen LogP contribution in [0.3, 0.4) is 0 Å². The molecule has 0 radical (unpaired) electrons. The lowest BCUT2D eigenvalue weighted by Crippen LogP contribution is -2.14. The van der Waals surface area contributed by atoms with E-state index in [4.69, 9.17) is 4.74 Å². The van der Waals surface area contributed by atoms with Crippen LogP contribution in [0, 0.1) is 18.7 Å². The van der Waals surface area contributed by atoms with Gasteiger partial charge >= 0.3 is 0 Å². The van der Waals surface area contributed by atoms with E-state index in [9.17, 15) is 9.18 Å². The SMILES string of the molecule is CCOc1c(F)c(C)c(-c2ccc3nc(NC(=O)[C@@H]4C[C@@H]4F)sc3c2)c2cn[nH]c12. The summed E-state index contributed by atoms with van der Waals surface area (Å²) in [5, 5.41) is 10.8. The van der Waals surface area contributed by atoms with Gasteiger partial charge < -0.3 is 10.1 Å². The zero-order chi connectivity index (χ0) is 21.0. The molecule has 0 bridgehead atoms. The van der Waals surface area contributed by atoms with Crippen LogP contribution in [0.5, 0.6) is 5.75 Å². The molecule has 154 valence electrons. The number of halogens is 2. The highest BCUT2D eigenvalue weighted by Gasteiger charge is 2.43.